The Bertz CT molecular complexity index is 825. The fraction of sp³-hybridized carbons (Fsp3) is 0.810. The number of carboxylic acid groups (broad SMARTS) is 1. The zero-order chi connectivity index (χ0) is 36.8. The van der Waals surface area contributed by atoms with Gasteiger partial charge in [-0.2, -0.15) is 0 Å². The second-order valence-electron chi connectivity index (χ2n) is 13.7. The molecule has 0 aromatic heterocycles. The molecule has 50 heavy (non-hydrogen) atoms. The smallest absolute Gasteiger partial charge is 0.317 e. The summed E-state index contributed by atoms with van der Waals surface area (Å²) in [5, 5.41) is 8.88. The Balaban J connectivity index is 4.03. The maximum Gasteiger partial charge on any atom is 0.317 e. The molecule has 0 rings (SSSR count). The van der Waals surface area contributed by atoms with Crippen LogP contribution in [0.5, 0.6) is 0 Å². The van der Waals surface area contributed by atoms with E-state index in [1.807, 2.05) is 0 Å². The van der Waals surface area contributed by atoms with E-state index in [1.54, 1.807) is 0 Å². The number of rotatable bonds is 37. The van der Waals surface area contributed by atoms with E-state index < -0.39 is 36.4 Å². The average molecular weight is 707 g/mol. The molecule has 0 bridgehead atoms. The van der Waals surface area contributed by atoms with Crippen molar-refractivity contribution in [3.05, 3.63) is 24.3 Å². The van der Waals surface area contributed by atoms with E-state index >= 15 is 0 Å². The molecule has 0 aromatic carbocycles. The summed E-state index contributed by atoms with van der Waals surface area (Å²) in [4.78, 5) is 47.4. The quantitative estimate of drug-likeness (QED) is 0.0223. The van der Waals surface area contributed by atoms with Gasteiger partial charge in [-0.05, 0) is 64.2 Å². The molecule has 0 aromatic rings. The van der Waals surface area contributed by atoms with Crippen LogP contribution in [0.2, 0.25) is 0 Å². The van der Waals surface area contributed by atoms with Crippen LogP contribution in [0.25, 0.3) is 0 Å². The Labute approximate surface area is 305 Å². The number of carbonyl (C=O) groups is 4. The van der Waals surface area contributed by atoms with Crippen LogP contribution in [0, 0.1) is 0 Å². The molecule has 0 amide bonds. The number of hydrogen-bond acceptors (Lipinski definition) is 7. The number of carboxylic acids is 1. The van der Waals surface area contributed by atoms with Gasteiger partial charge in [0.15, 0.2) is 6.10 Å². The molecule has 1 N–H and O–H groups in total. The highest BCUT2D eigenvalue weighted by molar-refractivity contribution is 5.90. The van der Waals surface area contributed by atoms with E-state index in [4.69, 9.17) is 19.3 Å². The third-order valence-corrected chi connectivity index (χ3v) is 8.74. The van der Waals surface area contributed by atoms with Crippen LogP contribution in [0.1, 0.15) is 200 Å². The molecule has 0 saturated carbocycles. The monoisotopic (exact) mass is 707 g/mol. The molecule has 0 fully saturated rings. The van der Waals surface area contributed by atoms with E-state index in [0.29, 0.717) is 12.8 Å². The molecule has 0 heterocycles. The van der Waals surface area contributed by atoms with Crippen molar-refractivity contribution in [2.45, 2.75) is 206 Å². The largest absolute Gasteiger partial charge is 0.481 e. The molecule has 0 spiro atoms. The van der Waals surface area contributed by atoms with E-state index in [2.05, 4.69) is 38.2 Å². The van der Waals surface area contributed by atoms with Gasteiger partial charge in [0, 0.05) is 12.8 Å². The molecule has 0 saturated heterocycles. The Morgan fingerprint density at radius 3 is 1.12 bits per heavy atom. The topological polar surface area (TPSA) is 116 Å². The van der Waals surface area contributed by atoms with Gasteiger partial charge in [-0.15, -0.1) is 0 Å². The van der Waals surface area contributed by atoms with Gasteiger partial charge in [-0.25, -0.2) is 0 Å². The summed E-state index contributed by atoms with van der Waals surface area (Å²) in [6, 6.07) is 0. The number of aliphatic carboxylic acids is 1. The van der Waals surface area contributed by atoms with Crippen LogP contribution in [0.3, 0.4) is 0 Å². The van der Waals surface area contributed by atoms with Crippen molar-refractivity contribution in [2.75, 3.05) is 13.2 Å². The van der Waals surface area contributed by atoms with Crippen molar-refractivity contribution < 1.29 is 38.5 Å². The fourth-order valence-corrected chi connectivity index (χ4v) is 5.66. The van der Waals surface area contributed by atoms with Crippen molar-refractivity contribution in [1.82, 2.24) is 0 Å². The van der Waals surface area contributed by atoms with E-state index in [0.717, 1.165) is 64.2 Å². The molecule has 290 valence electrons. The van der Waals surface area contributed by atoms with Crippen LogP contribution in [-0.2, 0) is 33.4 Å². The third-order valence-electron chi connectivity index (χ3n) is 8.74. The van der Waals surface area contributed by atoms with Crippen molar-refractivity contribution >= 4 is 23.9 Å². The van der Waals surface area contributed by atoms with Crippen molar-refractivity contribution in [3.63, 3.8) is 0 Å². The first-order chi connectivity index (χ1) is 24.4. The lowest BCUT2D eigenvalue weighted by atomic mass is 10.1. The standard InChI is InChI=1S/C42H74O8/c1-3-5-7-9-11-13-15-17-19-21-23-25-27-29-31-33-40(45)48-36-38(50-42(47)35-39(43)44)37-49-41(46)34-32-30-28-26-24-22-20-18-16-14-12-10-8-6-4-2/h17-20,38H,3-16,21-37H2,1-2H3,(H,43,44)/b19-17-,20-18-. The maximum absolute atomic E-state index is 12.3. The first-order valence-electron chi connectivity index (χ1n) is 20.4. The molecule has 0 radical (unpaired) electrons. The average Bonchev–Trinajstić information content (AvgIpc) is 3.09. The van der Waals surface area contributed by atoms with Gasteiger partial charge in [0.25, 0.3) is 0 Å². The van der Waals surface area contributed by atoms with Crippen LogP contribution < -0.4 is 0 Å². The maximum atomic E-state index is 12.3. The van der Waals surface area contributed by atoms with Crippen LogP contribution >= 0.6 is 0 Å². The molecule has 8 heteroatoms. The third kappa shape index (κ3) is 36.6. The molecular formula is C42H74O8. The number of ether oxygens (including phenoxy) is 3. The van der Waals surface area contributed by atoms with Gasteiger partial charge in [-0.1, -0.05) is 141 Å². The minimum absolute atomic E-state index is 0.253. The van der Waals surface area contributed by atoms with E-state index in [-0.39, 0.29) is 26.1 Å². The number of carbonyl (C=O) groups excluding carboxylic acids is 3. The van der Waals surface area contributed by atoms with Gasteiger partial charge in [0.1, 0.15) is 19.6 Å². The zero-order valence-corrected chi connectivity index (χ0v) is 32.1. The highest BCUT2D eigenvalue weighted by Gasteiger charge is 2.21. The fourth-order valence-electron chi connectivity index (χ4n) is 5.66. The lowest BCUT2D eigenvalue weighted by Gasteiger charge is -2.18. The van der Waals surface area contributed by atoms with Gasteiger partial charge in [-0.3, -0.25) is 19.2 Å². The Hall–Kier alpha value is -2.64. The summed E-state index contributed by atoms with van der Waals surface area (Å²) < 4.78 is 15.7. The van der Waals surface area contributed by atoms with Gasteiger partial charge < -0.3 is 19.3 Å². The number of allylic oxidation sites excluding steroid dienone is 4. The summed E-state index contributed by atoms with van der Waals surface area (Å²) in [7, 11) is 0. The van der Waals surface area contributed by atoms with Gasteiger partial charge in [0.2, 0.25) is 0 Å². The SMILES string of the molecule is CCCCCCCC/C=C\CCCCCCCC(=O)OCC(COC(=O)CCCCCCC/C=C\CCCCCCCC)OC(=O)CC(=O)O. The van der Waals surface area contributed by atoms with E-state index in [1.165, 1.54) is 89.9 Å². The zero-order valence-electron chi connectivity index (χ0n) is 32.1. The van der Waals surface area contributed by atoms with Crippen LogP contribution in [0.15, 0.2) is 24.3 Å². The number of esters is 3. The Morgan fingerprint density at radius 1 is 0.460 bits per heavy atom. The molecular weight excluding hydrogens is 632 g/mol. The predicted molar refractivity (Wildman–Crippen MR) is 203 cm³/mol. The normalized spacial score (nSPS) is 11.5. The summed E-state index contributed by atoms with van der Waals surface area (Å²) >= 11 is 0. The summed E-state index contributed by atoms with van der Waals surface area (Å²) in [6.45, 7) is 3.92. The summed E-state index contributed by atoms with van der Waals surface area (Å²) in [5.74, 6) is -3.12. The lowest BCUT2D eigenvalue weighted by Crippen LogP contribution is -2.31. The molecule has 8 nitrogen and oxygen atoms in total. The lowest BCUT2D eigenvalue weighted by molar-refractivity contribution is -0.169. The molecule has 0 aliphatic heterocycles. The van der Waals surface area contributed by atoms with Gasteiger partial charge in [0.05, 0.1) is 0 Å². The van der Waals surface area contributed by atoms with Gasteiger partial charge >= 0.3 is 23.9 Å². The van der Waals surface area contributed by atoms with Crippen molar-refractivity contribution in [3.8, 4) is 0 Å². The minimum Gasteiger partial charge on any atom is -0.481 e. The second kappa shape index (κ2) is 37.6. The molecule has 0 atom stereocenters. The molecule has 0 aliphatic carbocycles. The molecule has 0 aliphatic rings. The van der Waals surface area contributed by atoms with Crippen LogP contribution in [-0.4, -0.2) is 48.3 Å². The van der Waals surface area contributed by atoms with Crippen molar-refractivity contribution in [2.24, 2.45) is 0 Å². The van der Waals surface area contributed by atoms with Crippen LogP contribution in [0.4, 0.5) is 0 Å². The highest BCUT2D eigenvalue weighted by Crippen LogP contribution is 2.13. The second-order valence-corrected chi connectivity index (χ2v) is 13.7. The molecule has 0 unspecified atom stereocenters. The first-order valence-corrected chi connectivity index (χ1v) is 20.4. The first kappa shape index (κ1) is 47.4. The Kier molecular flexibility index (Phi) is 35.6. The minimum atomic E-state index is -1.32. The predicted octanol–water partition coefficient (Wildman–Crippen LogP) is 11.5. The van der Waals surface area contributed by atoms with E-state index in [9.17, 15) is 19.2 Å². The highest BCUT2D eigenvalue weighted by atomic mass is 16.6. The number of hydrogen-bond donors (Lipinski definition) is 1. The van der Waals surface area contributed by atoms with Crippen molar-refractivity contribution in [1.29, 1.82) is 0 Å². The summed E-state index contributed by atoms with van der Waals surface area (Å²) in [5.41, 5.74) is 0. The summed E-state index contributed by atoms with van der Waals surface area (Å²) in [6.07, 6.45) is 38.3. The number of unbranched alkanes of at least 4 members (excludes halogenated alkanes) is 22. The Morgan fingerprint density at radius 2 is 0.780 bits per heavy atom.